The highest BCUT2D eigenvalue weighted by molar-refractivity contribution is 4.78. The summed E-state index contributed by atoms with van der Waals surface area (Å²) in [7, 11) is 0. The van der Waals surface area contributed by atoms with Crippen LogP contribution in [0.15, 0.2) is 0 Å². The summed E-state index contributed by atoms with van der Waals surface area (Å²) < 4.78 is 5.73. The molecular weight excluding hydrogens is 202 g/mol. The van der Waals surface area contributed by atoms with Crippen molar-refractivity contribution in [3.05, 3.63) is 0 Å². The molecule has 0 bridgehead atoms. The van der Waals surface area contributed by atoms with Gasteiger partial charge in [-0.1, -0.05) is 6.42 Å². The quantitative estimate of drug-likeness (QED) is 0.700. The van der Waals surface area contributed by atoms with Crippen LogP contribution in [0, 0.1) is 5.92 Å². The zero-order chi connectivity index (χ0) is 11.2. The third kappa shape index (κ3) is 3.72. The van der Waals surface area contributed by atoms with Crippen molar-refractivity contribution in [3.8, 4) is 0 Å². The number of rotatable bonds is 6. The van der Waals surface area contributed by atoms with Crippen molar-refractivity contribution in [1.82, 2.24) is 4.90 Å². The molecule has 0 aromatic carbocycles. The Hall–Kier alpha value is -0.120. The molecule has 3 nitrogen and oxygen atoms in total. The number of ether oxygens (including phenoxy) is 1. The summed E-state index contributed by atoms with van der Waals surface area (Å²) in [5, 5.41) is 8.68. The predicted octanol–water partition coefficient (Wildman–Crippen LogP) is 1.65. The lowest BCUT2D eigenvalue weighted by atomic mass is 9.85. The Balaban J connectivity index is 1.55. The highest BCUT2D eigenvalue weighted by atomic mass is 16.5. The number of nitrogens with zero attached hydrogens (tertiary/aromatic N) is 1. The molecule has 16 heavy (non-hydrogen) atoms. The number of aliphatic hydroxyl groups excluding tert-OH is 1. The highest BCUT2D eigenvalue weighted by Crippen LogP contribution is 2.28. The van der Waals surface area contributed by atoms with Gasteiger partial charge in [0.05, 0.1) is 6.10 Å². The lowest BCUT2D eigenvalue weighted by Gasteiger charge is -2.36. The second-order valence-electron chi connectivity index (χ2n) is 5.24. The highest BCUT2D eigenvalue weighted by Gasteiger charge is 2.24. The Kier molecular flexibility index (Phi) is 5.07. The van der Waals surface area contributed by atoms with Gasteiger partial charge in [-0.3, -0.25) is 0 Å². The van der Waals surface area contributed by atoms with E-state index in [0.717, 1.165) is 18.9 Å². The topological polar surface area (TPSA) is 32.7 Å². The van der Waals surface area contributed by atoms with Crippen LogP contribution in [0.1, 0.15) is 38.5 Å². The predicted molar refractivity (Wildman–Crippen MR) is 64.5 cm³/mol. The summed E-state index contributed by atoms with van der Waals surface area (Å²) in [6, 6.07) is 0. The van der Waals surface area contributed by atoms with Gasteiger partial charge in [-0.2, -0.15) is 0 Å². The van der Waals surface area contributed by atoms with E-state index in [2.05, 4.69) is 4.90 Å². The summed E-state index contributed by atoms with van der Waals surface area (Å²) in [6.45, 7) is 4.72. The SMILES string of the molecule is OCCCOC1CCN(CC2CCC2)CC1. The molecule has 94 valence electrons. The molecule has 0 aromatic heterocycles. The normalized spacial score (nSPS) is 24.6. The molecule has 0 spiro atoms. The average molecular weight is 227 g/mol. The van der Waals surface area contributed by atoms with Gasteiger partial charge in [0, 0.05) is 32.8 Å². The molecule has 0 atom stereocenters. The van der Waals surface area contributed by atoms with Crippen molar-refractivity contribution in [2.75, 3.05) is 32.8 Å². The Morgan fingerprint density at radius 1 is 1.12 bits per heavy atom. The van der Waals surface area contributed by atoms with Gasteiger partial charge in [0.1, 0.15) is 0 Å². The van der Waals surface area contributed by atoms with Crippen LogP contribution in [0.5, 0.6) is 0 Å². The molecule has 1 N–H and O–H groups in total. The Labute approximate surface area is 98.8 Å². The largest absolute Gasteiger partial charge is 0.396 e. The molecule has 1 saturated heterocycles. The van der Waals surface area contributed by atoms with Gasteiger partial charge < -0.3 is 14.7 Å². The second kappa shape index (κ2) is 6.58. The molecule has 0 aromatic rings. The van der Waals surface area contributed by atoms with Crippen LogP contribution in [-0.4, -0.2) is 49.0 Å². The smallest absolute Gasteiger partial charge is 0.0599 e. The average Bonchev–Trinajstić information content (AvgIpc) is 2.26. The first-order chi connectivity index (χ1) is 7.88. The van der Waals surface area contributed by atoms with Gasteiger partial charge in [0.25, 0.3) is 0 Å². The fourth-order valence-corrected chi connectivity index (χ4v) is 2.61. The molecule has 3 heteroatoms. The van der Waals surface area contributed by atoms with Crippen LogP contribution in [-0.2, 0) is 4.74 Å². The number of likely N-dealkylation sites (tertiary alicyclic amines) is 1. The summed E-state index contributed by atoms with van der Waals surface area (Å²) >= 11 is 0. The zero-order valence-electron chi connectivity index (χ0n) is 10.2. The van der Waals surface area contributed by atoms with Crippen molar-refractivity contribution >= 4 is 0 Å². The standard InChI is InChI=1S/C13H25NO2/c15-9-2-10-16-13-5-7-14(8-6-13)11-12-3-1-4-12/h12-13,15H,1-11H2. The Morgan fingerprint density at radius 3 is 2.44 bits per heavy atom. The maximum Gasteiger partial charge on any atom is 0.0599 e. The summed E-state index contributed by atoms with van der Waals surface area (Å²) in [5.41, 5.74) is 0. The van der Waals surface area contributed by atoms with Crippen LogP contribution in [0.2, 0.25) is 0 Å². The number of aliphatic hydroxyl groups is 1. The molecule has 2 fully saturated rings. The fourth-order valence-electron chi connectivity index (χ4n) is 2.61. The van der Waals surface area contributed by atoms with E-state index in [4.69, 9.17) is 9.84 Å². The van der Waals surface area contributed by atoms with Crippen molar-refractivity contribution < 1.29 is 9.84 Å². The van der Waals surface area contributed by atoms with Gasteiger partial charge in [-0.05, 0) is 38.0 Å². The van der Waals surface area contributed by atoms with Gasteiger partial charge in [-0.15, -0.1) is 0 Å². The van der Waals surface area contributed by atoms with E-state index in [-0.39, 0.29) is 6.61 Å². The van der Waals surface area contributed by atoms with Crippen LogP contribution in [0.3, 0.4) is 0 Å². The summed E-state index contributed by atoms with van der Waals surface area (Å²) in [6.07, 6.45) is 7.94. The van der Waals surface area contributed by atoms with Gasteiger partial charge in [-0.25, -0.2) is 0 Å². The van der Waals surface area contributed by atoms with Crippen molar-refractivity contribution in [2.24, 2.45) is 5.92 Å². The van der Waals surface area contributed by atoms with Crippen LogP contribution >= 0.6 is 0 Å². The molecule has 0 radical (unpaired) electrons. The van der Waals surface area contributed by atoms with Crippen LogP contribution in [0.4, 0.5) is 0 Å². The minimum Gasteiger partial charge on any atom is -0.396 e. The number of piperidine rings is 1. The summed E-state index contributed by atoms with van der Waals surface area (Å²) in [4.78, 5) is 2.61. The Morgan fingerprint density at radius 2 is 1.88 bits per heavy atom. The van der Waals surface area contributed by atoms with E-state index in [1.807, 2.05) is 0 Å². The molecule has 2 aliphatic rings. The van der Waals surface area contributed by atoms with Crippen LogP contribution in [0.25, 0.3) is 0 Å². The third-order valence-corrected chi connectivity index (χ3v) is 3.93. The van der Waals surface area contributed by atoms with E-state index in [0.29, 0.717) is 6.10 Å². The molecule has 1 aliphatic heterocycles. The number of hydrogen-bond donors (Lipinski definition) is 1. The molecule has 1 heterocycles. The summed E-state index contributed by atoms with van der Waals surface area (Å²) in [5.74, 6) is 0.992. The fraction of sp³-hybridized carbons (Fsp3) is 1.00. The molecule has 0 unspecified atom stereocenters. The molecule has 1 aliphatic carbocycles. The van der Waals surface area contributed by atoms with Gasteiger partial charge in [0.2, 0.25) is 0 Å². The van der Waals surface area contributed by atoms with Crippen LogP contribution < -0.4 is 0 Å². The minimum atomic E-state index is 0.251. The first-order valence-corrected chi connectivity index (χ1v) is 6.83. The van der Waals surface area contributed by atoms with Crippen molar-refractivity contribution in [2.45, 2.75) is 44.6 Å². The van der Waals surface area contributed by atoms with Crippen molar-refractivity contribution in [1.29, 1.82) is 0 Å². The van der Waals surface area contributed by atoms with E-state index in [9.17, 15) is 0 Å². The first-order valence-electron chi connectivity index (χ1n) is 6.83. The lowest BCUT2D eigenvalue weighted by molar-refractivity contribution is -0.00275. The maximum absolute atomic E-state index is 8.68. The molecule has 0 amide bonds. The van der Waals surface area contributed by atoms with E-state index in [1.165, 1.54) is 51.7 Å². The van der Waals surface area contributed by atoms with Crippen molar-refractivity contribution in [3.63, 3.8) is 0 Å². The third-order valence-electron chi connectivity index (χ3n) is 3.93. The van der Waals surface area contributed by atoms with E-state index < -0.39 is 0 Å². The molecule has 2 rings (SSSR count). The monoisotopic (exact) mass is 227 g/mol. The van der Waals surface area contributed by atoms with E-state index >= 15 is 0 Å². The molecular formula is C13H25NO2. The maximum atomic E-state index is 8.68. The van der Waals surface area contributed by atoms with Gasteiger partial charge >= 0.3 is 0 Å². The minimum absolute atomic E-state index is 0.251. The number of hydrogen-bond acceptors (Lipinski definition) is 3. The first kappa shape index (κ1) is 12.3. The second-order valence-corrected chi connectivity index (χ2v) is 5.24. The van der Waals surface area contributed by atoms with E-state index in [1.54, 1.807) is 0 Å². The zero-order valence-corrected chi connectivity index (χ0v) is 10.2. The van der Waals surface area contributed by atoms with Gasteiger partial charge in [0.15, 0.2) is 0 Å². The molecule has 1 saturated carbocycles. The Bertz CT molecular complexity index is 186. The lowest BCUT2D eigenvalue weighted by Crippen LogP contribution is -2.41.